The van der Waals surface area contributed by atoms with E-state index in [0.717, 1.165) is 18.5 Å². The van der Waals surface area contributed by atoms with Gasteiger partial charge in [0, 0.05) is 12.6 Å². The third-order valence-corrected chi connectivity index (χ3v) is 2.96. The molecule has 0 bridgehead atoms. The number of halogens is 2. The van der Waals surface area contributed by atoms with Gasteiger partial charge in [0.15, 0.2) is 0 Å². The van der Waals surface area contributed by atoms with Crippen LogP contribution in [-0.4, -0.2) is 13.1 Å². The van der Waals surface area contributed by atoms with Crippen molar-refractivity contribution >= 4 is 23.2 Å². The van der Waals surface area contributed by atoms with E-state index < -0.39 is 0 Å². The van der Waals surface area contributed by atoms with E-state index in [1.165, 1.54) is 0 Å². The van der Waals surface area contributed by atoms with Gasteiger partial charge in [0.25, 0.3) is 0 Å². The molecule has 0 aliphatic heterocycles. The first-order valence-electron chi connectivity index (χ1n) is 5.07. The van der Waals surface area contributed by atoms with Crippen LogP contribution >= 0.6 is 23.2 Å². The van der Waals surface area contributed by atoms with Crippen LogP contribution in [0.3, 0.4) is 0 Å². The van der Waals surface area contributed by atoms with Crippen molar-refractivity contribution < 1.29 is 0 Å². The Hall–Kier alpha value is -0.280. The molecule has 84 valence electrons. The lowest BCUT2D eigenvalue weighted by Gasteiger charge is -2.17. The zero-order valence-electron chi connectivity index (χ0n) is 8.76. The largest absolute Gasteiger partial charge is 0.329 e. The van der Waals surface area contributed by atoms with Crippen molar-refractivity contribution in [2.45, 2.75) is 19.4 Å². The van der Waals surface area contributed by atoms with Gasteiger partial charge in [-0.05, 0) is 30.7 Å². The predicted octanol–water partition coefficient (Wildman–Crippen LogP) is 2.99. The number of benzene rings is 1. The lowest BCUT2D eigenvalue weighted by Crippen LogP contribution is -2.28. The Kier molecular flexibility index (Phi) is 5.40. The van der Waals surface area contributed by atoms with E-state index in [9.17, 15) is 0 Å². The Balaban J connectivity index is 2.78. The average molecular weight is 247 g/mol. The molecule has 0 aromatic heterocycles. The standard InChI is InChI=1S/C11H16Cl2N2/c1-2-5-15-11(7-14)8-3-4-9(12)10(13)6-8/h3-4,6,11,15H,2,5,7,14H2,1H3. The molecule has 0 saturated heterocycles. The summed E-state index contributed by atoms with van der Waals surface area (Å²) in [6, 6.07) is 5.77. The van der Waals surface area contributed by atoms with Gasteiger partial charge < -0.3 is 11.1 Å². The molecule has 0 saturated carbocycles. The van der Waals surface area contributed by atoms with E-state index in [-0.39, 0.29) is 6.04 Å². The fraction of sp³-hybridized carbons (Fsp3) is 0.455. The molecular weight excluding hydrogens is 231 g/mol. The molecule has 0 amide bonds. The quantitative estimate of drug-likeness (QED) is 0.839. The minimum atomic E-state index is 0.153. The molecule has 3 N–H and O–H groups in total. The Morgan fingerprint density at radius 3 is 2.60 bits per heavy atom. The molecule has 1 unspecified atom stereocenters. The Morgan fingerprint density at radius 1 is 1.33 bits per heavy atom. The second kappa shape index (κ2) is 6.33. The van der Waals surface area contributed by atoms with E-state index in [2.05, 4.69) is 12.2 Å². The van der Waals surface area contributed by atoms with Crippen molar-refractivity contribution in [3.8, 4) is 0 Å². The van der Waals surface area contributed by atoms with Crippen LogP contribution in [0.4, 0.5) is 0 Å². The summed E-state index contributed by atoms with van der Waals surface area (Å²) in [5, 5.41) is 4.51. The van der Waals surface area contributed by atoms with Gasteiger partial charge in [-0.1, -0.05) is 36.2 Å². The van der Waals surface area contributed by atoms with Crippen molar-refractivity contribution in [3.05, 3.63) is 33.8 Å². The fourth-order valence-corrected chi connectivity index (χ4v) is 1.69. The minimum absolute atomic E-state index is 0.153. The summed E-state index contributed by atoms with van der Waals surface area (Å²) in [4.78, 5) is 0. The van der Waals surface area contributed by atoms with Gasteiger partial charge in [-0.15, -0.1) is 0 Å². The first-order chi connectivity index (χ1) is 7.19. The fourth-order valence-electron chi connectivity index (χ4n) is 1.38. The molecule has 0 fully saturated rings. The zero-order valence-corrected chi connectivity index (χ0v) is 10.3. The molecule has 15 heavy (non-hydrogen) atoms. The number of nitrogens with one attached hydrogen (secondary N) is 1. The smallest absolute Gasteiger partial charge is 0.0595 e. The summed E-state index contributed by atoms with van der Waals surface area (Å²) >= 11 is 11.8. The van der Waals surface area contributed by atoms with Crippen LogP contribution in [0, 0.1) is 0 Å². The summed E-state index contributed by atoms with van der Waals surface area (Å²) in [6.45, 7) is 3.62. The van der Waals surface area contributed by atoms with E-state index >= 15 is 0 Å². The van der Waals surface area contributed by atoms with Crippen molar-refractivity contribution in [2.75, 3.05) is 13.1 Å². The van der Waals surface area contributed by atoms with Gasteiger partial charge >= 0.3 is 0 Å². The van der Waals surface area contributed by atoms with Gasteiger partial charge in [-0.25, -0.2) is 0 Å². The summed E-state index contributed by atoms with van der Waals surface area (Å²) in [7, 11) is 0. The Labute approximate surface area is 101 Å². The zero-order chi connectivity index (χ0) is 11.3. The van der Waals surface area contributed by atoms with Crippen molar-refractivity contribution in [1.82, 2.24) is 5.32 Å². The molecule has 0 spiro atoms. The van der Waals surface area contributed by atoms with Gasteiger partial charge in [-0.2, -0.15) is 0 Å². The Morgan fingerprint density at radius 2 is 2.07 bits per heavy atom. The van der Waals surface area contributed by atoms with Crippen LogP contribution in [0.25, 0.3) is 0 Å². The van der Waals surface area contributed by atoms with E-state index in [0.29, 0.717) is 16.6 Å². The molecule has 1 aromatic carbocycles. The number of rotatable bonds is 5. The maximum absolute atomic E-state index is 5.95. The third-order valence-electron chi connectivity index (χ3n) is 2.22. The molecule has 0 radical (unpaired) electrons. The molecule has 2 nitrogen and oxygen atoms in total. The molecule has 0 heterocycles. The van der Waals surface area contributed by atoms with Gasteiger partial charge in [-0.3, -0.25) is 0 Å². The highest BCUT2D eigenvalue weighted by Crippen LogP contribution is 2.25. The number of hydrogen-bond acceptors (Lipinski definition) is 2. The van der Waals surface area contributed by atoms with Crippen LogP contribution in [0.2, 0.25) is 10.0 Å². The maximum atomic E-state index is 5.95. The highest BCUT2D eigenvalue weighted by molar-refractivity contribution is 6.42. The second-order valence-corrected chi connectivity index (χ2v) is 4.23. The van der Waals surface area contributed by atoms with E-state index in [1.807, 2.05) is 12.1 Å². The topological polar surface area (TPSA) is 38.0 Å². The molecule has 1 atom stereocenters. The average Bonchev–Trinajstić information content (AvgIpc) is 2.24. The molecule has 0 aliphatic rings. The normalized spacial score (nSPS) is 12.8. The highest BCUT2D eigenvalue weighted by atomic mass is 35.5. The molecule has 0 aliphatic carbocycles. The number of nitrogens with two attached hydrogens (primary N) is 1. The first kappa shape index (κ1) is 12.8. The van der Waals surface area contributed by atoms with Gasteiger partial charge in [0.2, 0.25) is 0 Å². The summed E-state index contributed by atoms with van der Waals surface area (Å²) in [5.74, 6) is 0. The number of hydrogen-bond donors (Lipinski definition) is 2. The van der Waals surface area contributed by atoms with Gasteiger partial charge in [0.05, 0.1) is 10.0 Å². The summed E-state index contributed by atoms with van der Waals surface area (Å²) in [6.07, 6.45) is 1.08. The van der Waals surface area contributed by atoms with Crippen LogP contribution in [0.1, 0.15) is 24.9 Å². The SMILES string of the molecule is CCCNC(CN)c1ccc(Cl)c(Cl)c1. The highest BCUT2D eigenvalue weighted by Gasteiger charge is 2.09. The van der Waals surface area contributed by atoms with E-state index in [1.54, 1.807) is 6.07 Å². The molecule has 1 aromatic rings. The van der Waals surface area contributed by atoms with Crippen molar-refractivity contribution in [1.29, 1.82) is 0 Å². The maximum Gasteiger partial charge on any atom is 0.0595 e. The van der Waals surface area contributed by atoms with Crippen LogP contribution in [0.5, 0.6) is 0 Å². The van der Waals surface area contributed by atoms with Crippen LogP contribution in [0.15, 0.2) is 18.2 Å². The van der Waals surface area contributed by atoms with E-state index in [4.69, 9.17) is 28.9 Å². The molecule has 1 rings (SSSR count). The van der Waals surface area contributed by atoms with Crippen molar-refractivity contribution in [2.24, 2.45) is 5.73 Å². The monoisotopic (exact) mass is 246 g/mol. The van der Waals surface area contributed by atoms with Crippen LogP contribution in [-0.2, 0) is 0 Å². The predicted molar refractivity (Wildman–Crippen MR) is 66.6 cm³/mol. The Bertz CT molecular complexity index is 315. The summed E-state index contributed by atoms with van der Waals surface area (Å²) in [5.41, 5.74) is 6.78. The lowest BCUT2D eigenvalue weighted by molar-refractivity contribution is 0.540. The minimum Gasteiger partial charge on any atom is -0.329 e. The van der Waals surface area contributed by atoms with Crippen molar-refractivity contribution in [3.63, 3.8) is 0 Å². The third kappa shape index (κ3) is 3.65. The second-order valence-electron chi connectivity index (χ2n) is 3.42. The molecule has 4 heteroatoms. The summed E-state index contributed by atoms with van der Waals surface area (Å²) < 4.78 is 0. The molecular formula is C11H16Cl2N2. The lowest BCUT2D eigenvalue weighted by atomic mass is 10.1. The first-order valence-corrected chi connectivity index (χ1v) is 5.83. The van der Waals surface area contributed by atoms with Gasteiger partial charge in [0.1, 0.15) is 0 Å². The van der Waals surface area contributed by atoms with Crippen LogP contribution < -0.4 is 11.1 Å².